The van der Waals surface area contributed by atoms with Gasteiger partial charge in [-0.2, -0.15) is 0 Å². The number of carbonyl (C=O) groups is 1. The molecule has 3 aromatic rings. The molecule has 0 saturated heterocycles. The summed E-state index contributed by atoms with van der Waals surface area (Å²) in [4.78, 5) is 12.2. The highest BCUT2D eigenvalue weighted by Gasteiger charge is 2.28. The zero-order valence-electron chi connectivity index (χ0n) is 17.0. The first kappa shape index (κ1) is 21.0. The molecule has 0 heterocycles. The third kappa shape index (κ3) is 4.44. The van der Waals surface area contributed by atoms with E-state index in [4.69, 9.17) is 9.47 Å². The number of carbonyl (C=O) groups excluding carboxylic acids is 1. The predicted molar refractivity (Wildman–Crippen MR) is 124 cm³/mol. The molecule has 6 heteroatoms. The molecule has 31 heavy (non-hydrogen) atoms. The Morgan fingerprint density at radius 1 is 1.10 bits per heavy atom. The number of methoxy groups -OCH3 is 1. The molecule has 1 amide bonds. The van der Waals surface area contributed by atoms with E-state index in [-0.39, 0.29) is 18.3 Å². The van der Waals surface area contributed by atoms with E-state index in [1.807, 2.05) is 30.3 Å². The van der Waals surface area contributed by atoms with Gasteiger partial charge in [-0.3, -0.25) is 0 Å². The highest BCUT2D eigenvalue weighted by atomic mass is 79.9. The number of hydrogen-bond acceptors (Lipinski definition) is 4. The molecule has 158 valence electrons. The molecule has 0 aromatic heterocycles. The molecular weight excluding hydrogens is 458 g/mol. The van der Waals surface area contributed by atoms with Crippen LogP contribution < -0.4 is 10.1 Å². The maximum absolute atomic E-state index is 12.2. The molecule has 0 atom stereocenters. The van der Waals surface area contributed by atoms with Crippen LogP contribution >= 0.6 is 15.9 Å². The lowest BCUT2D eigenvalue weighted by atomic mass is 9.98. The Balaban J connectivity index is 1.34. The molecule has 0 radical (unpaired) electrons. The van der Waals surface area contributed by atoms with Gasteiger partial charge in [0, 0.05) is 16.9 Å². The number of halogens is 1. The van der Waals surface area contributed by atoms with Gasteiger partial charge < -0.3 is 19.9 Å². The second-order valence-electron chi connectivity index (χ2n) is 7.15. The zero-order chi connectivity index (χ0) is 21.8. The van der Waals surface area contributed by atoms with E-state index in [9.17, 15) is 9.90 Å². The first-order chi connectivity index (χ1) is 15.1. The van der Waals surface area contributed by atoms with E-state index in [0.717, 1.165) is 10.0 Å². The van der Waals surface area contributed by atoms with E-state index >= 15 is 0 Å². The molecule has 0 bridgehead atoms. The van der Waals surface area contributed by atoms with Crippen molar-refractivity contribution in [3.8, 4) is 22.6 Å². The first-order valence-electron chi connectivity index (χ1n) is 9.90. The normalized spacial score (nSPS) is 12.5. The topological polar surface area (TPSA) is 67.8 Å². The van der Waals surface area contributed by atoms with Crippen LogP contribution in [0, 0.1) is 0 Å². The van der Waals surface area contributed by atoms with Crippen LogP contribution in [-0.2, 0) is 4.74 Å². The third-order valence-electron chi connectivity index (χ3n) is 5.30. The summed E-state index contributed by atoms with van der Waals surface area (Å²) in [6.07, 6.45) is 3.17. The SMILES string of the molecule is COc1cc(C=CCNC(=O)OCC2c3ccccc3-c3ccccc32)c(Br)cc1O. The van der Waals surface area contributed by atoms with Crippen molar-refractivity contribution in [2.24, 2.45) is 0 Å². The van der Waals surface area contributed by atoms with Crippen molar-refractivity contribution in [2.45, 2.75) is 5.92 Å². The fraction of sp³-hybridized carbons (Fsp3) is 0.160. The summed E-state index contributed by atoms with van der Waals surface area (Å²) >= 11 is 3.40. The van der Waals surface area contributed by atoms with Gasteiger partial charge in [-0.25, -0.2) is 4.79 Å². The van der Waals surface area contributed by atoms with Crippen molar-refractivity contribution in [2.75, 3.05) is 20.3 Å². The van der Waals surface area contributed by atoms with E-state index in [2.05, 4.69) is 45.5 Å². The van der Waals surface area contributed by atoms with Crippen LogP contribution in [0.5, 0.6) is 11.5 Å². The second-order valence-corrected chi connectivity index (χ2v) is 8.01. The number of alkyl carbamates (subject to hydrolysis) is 1. The van der Waals surface area contributed by atoms with Crippen LogP contribution in [0.15, 0.2) is 71.2 Å². The number of aromatic hydroxyl groups is 1. The molecule has 0 spiro atoms. The number of amides is 1. The van der Waals surface area contributed by atoms with Crippen molar-refractivity contribution in [1.82, 2.24) is 5.32 Å². The fourth-order valence-corrected chi connectivity index (χ4v) is 4.29. The van der Waals surface area contributed by atoms with Crippen LogP contribution in [0.1, 0.15) is 22.6 Å². The van der Waals surface area contributed by atoms with Crippen LogP contribution in [0.3, 0.4) is 0 Å². The van der Waals surface area contributed by atoms with Gasteiger partial charge in [0.15, 0.2) is 11.5 Å². The number of hydrogen-bond donors (Lipinski definition) is 2. The Labute approximate surface area is 189 Å². The lowest BCUT2D eigenvalue weighted by Gasteiger charge is -2.14. The molecule has 3 aromatic carbocycles. The summed E-state index contributed by atoms with van der Waals surface area (Å²) in [5.74, 6) is 0.477. The molecule has 5 nitrogen and oxygen atoms in total. The zero-order valence-corrected chi connectivity index (χ0v) is 18.6. The van der Waals surface area contributed by atoms with Gasteiger partial charge in [-0.05, 0) is 39.9 Å². The van der Waals surface area contributed by atoms with Crippen molar-refractivity contribution in [1.29, 1.82) is 0 Å². The van der Waals surface area contributed by atoms with Gasteiger partial charge in [0.1, 0.15) is 6.61 Å². The van der Waals surface area contributed by atoms with Crippen molar-refractivity contribution in [3.63, 3.8) is 0 Å². The third-order valence-corrected chi connectivity index (χ3v) is 5.99. The van der Waals surface area contributed by atoms with Gasteiger partial charge in [0.25, 0.3) is 0 Å². The Morgan fingerprint density at radius 3 is 2.39 bits per heavy atom. The Hall–Kier alpha value is -3.25. The molecular formula is C25H22BrNO4. The summed E-state index contributed by atoms with van der Waals surface area (Å²) in [6.45, 7) is 0.594. The smallest absolute Gasteiger partial charge is 0.407 e. The molecule has 0 unspecified atom stereocenters. The number of rotatable bonds is 6. The Morgan fingerprint density at radius 2 is 1.74 bits per heavy atom. The molecule has 1 aliphatic rings. The van der Waals surface area contributed by atoms with Crippen molar-refractivity contribution in [3.05, 3.63) is 87.9 Å². The van der Waals surface area contributed by atoms with Crippen LogP contribution in [0.25, 0.3) is 17.2 Å². The Kier molecular flexibility index (Phi) is 6.28. The van der Waals surface area contributed by atoms with Crippen LogP contribution in [0.2, 0.25) is 0 Å². The molecule has 4 rings (SSSR count). The van der Waals surface area contributed by atoms with Crippen LogP contribution in [-0.4, -0.2) is 31.5 Å². The van der Waals surface area contributed by atoms with Gasteiger partial charge >= 0.3 is 6.09 Å². The number of ether oxygens (including phenoxy) is 2. The molecule has 0 fully saturated rings. The quantitative estimate of drug-likeness (QED) is 0.474. The number of benzene rings is 3. The van der Waals surface area contributed by atoms with Gasteiger partial charge in [-0.1, -0.05) is 76.6 Å². The monoisotopic (exact) mass is 479 g/mol. The van der Waals surface area contributed by atoms with Crippen molar-refractivity contribution < 1.29 is 19.4 Å². The minimum Gasteiger partial charge on any atom is -0.504 e. The molecule has 1 aliphatic carbocycles. The van der Waals surface area contributed by atoms with Crippen molar-refractivity contribution >= 4 is 28.1 Å². The van der Waals surface area contributed by atoms with Gasteiger partial charge in [0.2, 0.25) is 0 Å². The number of phenols is 1. The van der Waals surface area contributed by atoms with E-state index in [1.54, 1.807) is 18.2 Å². The average molecular weight is 480 g/mol. The molecule has 0 aliphatic heterocycles. The summed E-state index contributed by atoms with van der Waals surface area (Å²) in [5.41, 5.74) is 5.59. The fourth-order valence-electron chi connectivity index (χ4n) is 3.83. The Bertz CT molecular complexity index is 1100. The first-order valence-corrected chi connectivity index (χ1v) is 10.7. The number of fused-ring (bicyclic) bond motifs is 3. The number of phenolic OH excluding ortho intramolecular Hbond substituents is 1. The largest absolute Gasteiger partial charge is 0.504 e. The van der Waals surface area contributed by atoms with E-state index in [0.29, 0.717) is 12.3 Å². The lowest BCUT2D eigenvalue weighted by Crippen LogP contribution is -2.26. The lowest BCUT2D eigenvalue weighted by molar-refractivity contribution is 0.144. The summed E-state index contributed by atoms with van der Waals surface area (Å²) in [7, 11) is 1.50. The van der Waals surface area contributed by atoms with Gasteiger partial charge in [-0.15, -0.1) is 0 Å². The average Bonchev–Trinajstić information content (AvgIpc) is 3.10. The number of nitrogens with one attached hydrogen (secondary N) is 1. The maximum Gasteiger partial charge on any atom is 0.407 e. The summed E-state index contributed by atoms with van der Waals surface area (Å²) < 4.78 is 11.4. The second kappa shape index (κ2) is 9.27. The molecule has 0 saturated carbocycles. The highest BCUT2D eigenvalue weighted by molar-refractivity contribution is 9.10. The van der Waals surface area contributed by atoms with E-state index in [1.165, 1.54) is 29.4 Å². The predicted octanol–water partition coefficient (Wildman–Crippen LogP) is 5.72. The summed E-state index contributed by atoms with van der Waals surface area (Å²) in [6, 6.07) is 19.8. The molecule has 2 N–H and O–H groups in total. The highest BCUT2D eigenvalue weighted by Crippen LogP contribution is 2.44. The maximum atomic E-state index is 12.2. The standard InChI is InChI=1S/C25H22BrNO4/c1-30-24-13-16(22(26)14-23(24)28)7-6-12-27-25(29)31-15-21-19-10-4-2-8-17(19)18-9-3-5-11-20(18)21/h2-11,13-14,21,28H,12,15H2,1H3,(H,27,29). The minimum absolute atomic E-state index is 0.0362. The van der Waals surface area contributed by atoms with Gasteiger partial charge in [0.05, 0.1) is 7.11 Å². The van der Waals surface area contributed by atoms with E-state index < -0.39 is 6.09 Å². The minimum atomic E-state index is -0.464. The van der Waals surface area contributed by atoms with Crippen LogP contribution in [0.4, 0.5) is 4.79 Å². The summed E-state index contributed by atoms with van der Waals surface area (Å²) in [5, 5.41) is 12.5.